The van der Waals surface area contributed by atoms with E-state index in [1.54, 1.807) is 12.1 Å². The molecule has 0 radical (unpaired) electrons. The van der Waals surface area contributed by atoms with E-state index in [-0.39, 0.29) is 17.4 Å². The Balaban J connectivity index is 1.97. The third kappa shape index (κ3) is 3.90. The zero-order chi connectivity index (χ0) is 18.7. The summed E-state index contributed by atoms with van der Waals surface area (Å²) in [5, 5.41) is 8.87. The zero-order valence-corrected chi connectivity index (χ0v) is 15.6. The Kier molecular flexibility index (Phi) is 5.03. The highest BCUT2D eigenvalue weighted by Crippen LogP contribution is 2.35. The molecule has 4 heteroatoms. The standard InChI is InChI=1S/C22H24N2O2/c1-15-18-13-9-8-12-17(18)14-19(24-23-15)20(22(2,3)4)26-21(25)16-10-6-5-7-11-16/h5-15,20H,1-4H3/t15-,20+/m1/s1. The summed E-state index contributed by atoms with van der Waals surface area (Å²) < 4.78 is 5.89. The lowest BCUT2D eigenvalue weighted by Crippen LogP contribution is -2.33. The Morgan fingerprint density at radius 2 is 1.69 bits per heavy atom. The molecule has 0 amide bonds. The first-order valence-corrected chi connectivity index (χ1v) is 8.83. The van der Waals surface area contributed by atoms with Crippen LogP contribution >= 0.6 is 0 Å². The summed E-state index contributed by atoms with van der Waals surface area (Å²) in [5.74, 6) is -0.354. The van der Waals surface area contributed by atoms with Crippen molar-refractivity contribution in [2.24, 2.45) is 15.6 Å². The minimum atomic E-state index is -0.502. The van der Waals surface area contributed by atoms with Gasteiger partial charge in [-0.15, -0.1) is 0 Å². The van der Waals surface area contributed by atoms with Crippen LogP contribution in [0.3, 0.4) is 0 Å². The number of esters is 1. The second kappa shape index (κ2) is 7.24. The van der Waals surface area contributed by atoms with Crippen molar-refractivity contribution in [1.82, 2.24) is 0 Å². The number of rotatable bonds is 3. The molecule has 0 bridgehead atoms. The Bertz CT molecular complexity index is 848. The van der Waals surface area contributed by atoms with Crippen LogP contribution in [-0.4, -0.2) is 12.1 Å². The molecule has 0 N–H and O–H groups in total. The summed E-state index contributed by atoms with van der Waals surface area (Å²) in [5.41, 5.74) is 3.05. The number of azo groups is 1. The van der Waals surface area contributed by atoms with Gasteiger partial charge in [0.25, 0.3) is 0 Å². The summed E-state index contributed by atoms with van der Waals surface area (Å²) in [6, 6.07) is 17.1. The summed E-state index contributed by atoms with van der Waals surface area (Å²) in [4.78, 5) is 12.6. The maximum Gasteiger partial charge on any atom is 0.338 e. The fraction of sp³-hybridized carbons (Fsp3) is 0.318. The molecule has 1 heterocycles. The summed E-state index contributed by atoms with van der Waals surface area (Å²) in [6.45, 7) is 8.12. The van der Waals surface area contributed by atoms with Crippen LogP contribution in [0.5, 0.6) is 0 Å². The molecular weight excluding hydrogens is 324 g/mol. The van der Waals surface area contributed by atoms with E-state index in [1.807, 2.05) is 70.2 Å². The van der Waals surface area contributed by atoms with Gasteiger partial charge in [0.15, 0.2) is 6.10 Å². The van der Waals surface area contributed by atoms with Crippen LogP contribution in [0.4, 0.5) is 0 Å². The highest BCUT2D eigenvalue weighted by molar-refractivity contribution is 5.89. The highest BCUT2D eigenvalue weighted by atomic mass is 16.5. The average molecular weight is 348 g/mol. The molecule has 0 unspecified atom stereocenters. The summed E-state index contributed by atoms with van der Waals surface area (Å²) in [7, 11) is 0. The van der Waals surface area contributed by atoms with E-state index in [0.29, 0.717) is 11.3 Å². The number of nitrogens with zero attached hydrogens (tertiary/aromatic N) is 2. The number of hydrogen-bond acceptors (Lipinski definition) is 4. The first kappa shape index (κ1) is 18.1. The van der Waals surface area contributed by atoms with Gasteiger partial charge >= 0.3 is 5.97 Å². The second-order valence-electron chi connectivity index (χ2n) is 7.61. The third-order valence-electron chi connectivity index (χ3n) is 4.39. The number of hydrogen-bond donors (Lipinski definition) is 0. The number of carbonyl (C=O) groups excluding carboxylic acids is 1. The van der Waals surface area contributed by atoms with E-state index < -0.39 is 6.10 Å². The van der Waals surface area contributed by atoms with Crippen LogP contribution in [0.2, 0.25) is 0 Å². The molecule has 0 aliphatic carbocycles. The SMILES string of the molecule is C[C@H]1N=NC([C@H](OC(=O)c2ccccc2)C(C)(C)C)=Cc2ccccc21. The molecule has 4 nitrogen and oxygen atoms in total. The van der Waals surface area contributed by atoms with Crippen LogP contribution in [0, 0.1) is 5.41 Å². The van der Waals surface area contributed by atoms with Crippen LogP contribution < -0.4 is 0 Å². The zero-order valence-electron chi connectivity index (χ0n) is 15.6. The Hall–Kier alpha value is -2.75. The van der Waals surface area contributed by atoms with Crippen molar-refractivity contribution in [3.05, 3.63) is 77.0 Å². The van der Waals surface area contributed by atoms with Crippen molar-refractivity contribution in [3.8, 4) is 0 Å². The van der Waals surface area contributed by atoms with E-state index in [9.17, 15) is 4.79 Å². The highest BCUT2D eigenvalue weighted by Gasteiger charge is 2.33. The summed E-state index contributed by atoms with van der Waals surface area (Å²) >= 11 is 0. The van der Waals surface area contributed by atoms with Crippen molar-refractivity contribution in [1.29, 1.82) is 0 Å². The molecule has 0 spiro atoms. The quantitative estimate of drug-likeness (QED) is 0.656. The van der Waals surface area contributed by atoms with E-state index >= 15 is 0 Å². The third-order valence-corrected chi connectivity index (χ3v) is 4.39. The van der Waals surface area contributed by atoms with Crippen LogP contribution in [0.25, 0.3) is 6.08 Å². The largest absolute Gasteiger partial charge is 0.452 e. The molecule has 1 aliphatic rings. The van der Waals surface area contributed by atoms with Crippen molar-refractivity contribution in [3.63, 3.8) is 0 Å². The molecule has 0 saturated carbocycles. The summed E-state index contributed by atoms with van der Waals surface area (Å²) in [6.07, 6.45) is 1.48. The van der Waals surface area contributed by atoms with E-state index in [1.165, 1.54) is 0 Å². The number of ether oxygens (including phenoxy) is 1. The topological polar surface area (TPSA) is 51.0 Å². The first-order chi connectivity index (χ1) is 12.4. The minimum Gasteiger partial charge on any atom is -0.452 e. The number of carbonyl (C=O) groups is 1. The molecular formula is C22H24N2O2. The molecule has 0 fully saturated rings. The molecule has 3 rings (SSSR count). The van der Waals surface area contributed by atoms with Gasteiger partial charge in [0.1, 0.15) is 5.70 Å². The minimum absolute atomic E-state index is 0.0367. The Labute approximate surface area is 154 Å². The van der Waals surface area contributed by atoms with Gasteiger partial charge < -0.3 is 4.74 Å². The van der Waals surface area contributed by atoms with Gasteiger partial charge in [-0.1, -0.05) is 63.2 Å². The Morgan fingerprint density at radius 1 is 1.04 bits per heavy atom. The van der Waals surface area contributed by atoms with Crippen LogP contribution in [0.1, 0.15) is 55.2 Å². The second-order valence-corrected chi connectivity index (χ2v) is 7.61. The molecule has 26 heavy (non-hydrogen) atoms. The average Bonchev–Trinajstić information content (AvgIpc) is 2.78. The molecule has 1 aliphatic heterocycles. The van der Waals surface area contributed by atoms with Gasteiger partial charge in [-0.25, -0.2) is 4.79 Å². The predicted molar refractivity (Wildman–Crippen MR) is 103 cm³/mol. The molecule has 0 aromatic heterocycles. The Morgan fingerprint density at radius 3 is 2.38 bits per heavy atom. The van der Waals surface area contributed by atoms with E-state index in [2.05, 4.69) is 16.3 Å². The fourth-order valence-corrected chi connectivity index (χ4v) is 2.98. The monoisotopic (exact) mass is 348 g/mol. The van der Waals surface area contributed by atoms with Crippen molar-refractivity contribution in [2.45, 2.75) is 39.8 Å². The van der Waals surface area contributed by atoms with Gasteiger partial charge in [0, 0.05) is 5.41 Å². The van der Waals surface area contributed by atoms with Crippen LogP contribution in [-0.2, 0) is 4.74 Å². The lowest BCUT2D eigenvalue weighted by Gasteiger charge is -2.30. The maximum absolute atomic E-state index is 12.6. The first-order valence-electron chi connectivity index (χ1n) is 8.83. The van der Waals surface area contributed by atoms with Gasteiger partial charge in [0.2, 0.25) is 0 Å². The lowest BCUT2D eigenvalue weighted by molar-refractivity contribution is 0.0107. The van der Waals surface area contributed by atoms with Gasteiger partial charge in [-0.05, 0) is 36.3 Å². The normalized spacial score (nSPS) is 17.7. The molecule has 2 atom stereocenters. The molecule has 2 aromatic rings. The molecule has 134 valence electrons. The maximum atomic E-state index is 12.6. The van der Waals surface area contributed by atoms with Gasteiger partial charge in [-0.2, -0.15) is 10.2 Å². The van der Waals surface area contributed by atoms with E-state index in [4.69, 9.17) is 4.74 Å². The predicted octanol–water partition coefficient (Wildman–Crippen LogP) is 5.83. The van der Waals surface area contributed by atoms with Gasteiger partial charge in [0.05, 0.1) is 11.6 Å². The van der Waals surface area contributed by atoms with E-state index in [0.717, 1.165) is 11.1 Å². The van der Waals surface area contributed by atoms with Crippen molar-refractivity contribution >= 4 is 12.0 Å². The lowest BCUT2D eigenvalue weighted by atomic mass is 9.86. The molecule has 0 saturated heterocycles. The van der Waals surface area contributed by atoms with Crippen molar-refractivity contribution in [2.75, 3.05) is 0 Å². The molecule has 2 aromatic carbocycles. The van der Waals surface area contributed by atoms with Crippen molar-refractivity contribution < 1.29 is 9.53 Å². The van der Waals surface area contributed by atoms with Gasteiger partial charge in [-0.3, -0.25) is 0 Å². The number of fused-ring (bicyclic) bond motifs is 1. The fourth-order valence-electron chi connectivity index (χ4n) is 2.98. The van der Waals surface area contributed by atoms with Crippen LogP contribution in [0.15, 0.2) is 70.5 Å². The number of benzene rings is 2. The smallest absolute Gasteiger partial charge is 0.338 e.